The number of carbonyl (C=O) groups is 2. The molecule has 0 unspecified atom stereocenters. The van der Waals surface area contributed by atoms with Crippen LogP contribution >= 0.6 is 0 Å². The van der Waals surface area contributed by atoms with E-state index in [9.17, 15) is 14.7 Å². The van der Waals surface area contributed by atoms with E-state index in [-0.39, 0.29) is 17.0 Å². The molecule has 4 nitrogen and oxygen atoms in total. The van der Waals surface area contributed by atoms with Crippen molar-refractivity contribution in [3.8, 4) is 0 Å². The van der Waals surface area contributed by atoms with E-state index in [1.165, 1.54) is 24.3 Å². The normalized spacial score (nSPS) is 11.1. The first-order valence-corrected chi connectivity index (χ1v) is 5.33. The van der Waals surface area contributed by atoms with Crippen molar-refractivity contribution in [3.63, 3.8) is 0 Å². The standard InChI is InChI=1S/C13H17NO3/c1-13(2,3)14(4)11(15)9-5-7-10(8-6-9)12(16)17/h5-8H,1-4H3,(H,16,17)/p-1. The highest BCUT2D eigenvalue weighted by Crippen LogP contribution is 2.15. The lowest BCUT2D eigenvalue weighted by atomic mass is 10.0. The SMILES string of the molecule is CN(C(=O)c1ccc(C(=O)[O-])cc1)C(C)(C)C. The maximum absolute atomic E-state index is 12.0. The van der Waals surface area contributed by atoms with Gasteiger partial charge in [0, 0.05) is 18.2 Å². The maximum Gasteiger partial charge on any atom is 0.254 e. The number of hydrogen-bond donors (Lipinski definition) is 0. The van der Waals surface area contributed by atoms with E-state index >= 15 is 0 Å². The molecule has 0 aliphatic carbocycles. The van der Waals surface area contributed by atoms with Gasteiger partial charge in [0.2, 0.25) is 0 Å². The third-order valence-corrected chi connectivity index (χ3v) is 2.68. The number of carboxylic acid groups (broad SMARTS) is 1. The van der Waals surface area contributed by atoms with Crippen LogP contribution in [-0.4, -0.2) is 29.4 Å². The van der Waals surface area contributed by atoms with Crippen LogP contribution in [0.15, 0.2) is 24.3 Å². The number of hydrogen-bond acceptors (Lipinski definition) is 3. The first-order chi connectivity index (χ1) is 7.73. The highest BCUT2D eigenvalue weighted by Gasteiger charge is 2.23. The van der Waals surface area contributed by atoms with Crippen LogP contribution in [0, 0.1) is 0 Å². The Hall–Kier alpha value is -1.84. The van der Waals surface area contributed by atoms with Gasteiger partial charge in [-0.3, -0.25) is 4.79 Å². The van der Waals surface area contributed by atoms with Crippen LogP contribution in [0.25, 0.3) is 0 Å². The zero-order chi connectivity index (χ0) is 13.2. The number of benzene rings is 1. The predicted octanol–water partition coefficient (Wildman–Crippen LogP) is 0.921. The highest BCUT2D eigenvalue weighted by molar-refractivity contribution is 5.95. The van der Waals surface area contributed by atoms with Crippen molar-refractivity contribution in [2.24, 2.45) is 0 Å². The smallest absolute Gasteiger partial charge is 0.254 e. The Labute approximate surface area is 101 Å². The van der Waals surface area contributed by atoms with E-state index in [0.717, 1.165) is 0 Å². The molecule has 0 N–H and O–H groups in total. The molecule has 1 aromatic carbocycles. The number of carboxylic acids is 1. The first-order valence-electron chi connectivity index (χ1n) is 5.33. The molecule has 0 radical (unpaired) electrons. The summed E-state index contributed by atoms with van der Waals surface area (Å²) < 4.78 is 0. The van der Waals surface area contributed by atoms with Crippen molar-refractivity contribution in [2.75, 3.05) is 7.05 Å². The number of aromatic carboxylic acids is 1. The molecule has 17 heavy (non-hydrogen) atoms. The molecule has 92 valence electrons. The summed E-state index contributed by atoms with van der Waals surface area (Å²) in [6.45, 7) is 5.79. The molecule has 0 fully saturated rings. The Morgan fingerprint density at radius 2 is 1.47 bits per heavy atom. The van der Waals surface area contributed by atoms with Gasteiger partial charge in [-0.15, -0.1) is 0 Å². The Balaban J connectivity index is 2.95. The van der Waals surface area contributed by atoms with Gasteiger partial charge in [0.15, 0.2) is 0 Å². The summed E-state index contributed by atoms with van der Waals surface area (Å²) in [6, 6.07) is 5.74. The Kier molecular flexibility index (Phi) is 3.56. The number of nitrogens with zero attached hydrogens (tertiary/aromatic N) is 1. The minimum atomic E-state index is -1.24. The third kappa shape index (κ3) is 3.06. The Morgan fingerprint density at radius 1 is 1.06 bits per heavy atom. The molecule has 0 spiro atoms. The van der Waals surface area contributed by atoms with Crippen molar-refractivity contribution >= 4 is 11.9 Å². The summed E-state index contributed by atoms with van der Waals surface area (Å²) in [5, 5.41) is 10.6. The number of carbonyl (C=O) groups excluding carboxylic acids is 2. The van der Waals surface area contributed by atoms with E-state index in [2.05, 4.69) is 0 Å². The van der Waals surface area contributed by atoms with Crippen LogP contribution in [0.5, 0.6) is 0 Å². The van der Waals surface area contributed by atoms with Gasteiger partial charge in [-0.05, 0) is 38.5 Å². The monoisotopic (exact) mass is 234 g/mol. The fourth-order valence-corrected chi connectivity index (χ4v) is 1.25. The Morgan fingerprint density at radius 3 is 1.82 bits per heavy atom. The van der Waals surface area contributed by atoms with Gasteiger partial charge in [-0.2, -0.15) is 0 Å². The second kappa shape index (κ2) is 4.57. The lowest BCUT2D eigenvalue weighted by Gasteiger charge is -2.32. The van der Waals surface area contributed by atoms with Crippen LogP contribution in [0.2, 0.25) is 0 Å². The zero-order valence-electron chi connectivity index (χ0n) is 10.5. The molecule has 1 amide bonds. The van der Waals surface area contributed by atoms with E-state index in [1.807, 2.05) is 20.8 Å². The minimum absolute atomic E-state index is 0.0694. The minimum Gasteiger partial charge on any atom is -0.545 e. The number of amides is 1. The topological polar surface area (TPSA) is 60.4 Å². The summed E-state index contributed by atoms with van der Waals surface area (Å²) in [5.41, 5.74) is 0.261. The van der Waals surface area contributed by atoms with Crippen LogP contribution in [-0.2, 0) is 0 Å². The van der Waals surface area contributed by atoms with E-state index in [0.29, 0.717) is 5.56 Å². The van der Waals surface area contributed by atoms with Gasteiger partial charge in [0.1, 0.15) is 0 Å². The number of rotatable bonds is 2. The van der Waals surface area contributed by atoms with Crippen LogP contribution < -0.4 is 5.11 Å². The lowest BCUT2D eigenvalue weighted by molar-refractivity contribution is -0.255. The van der Waals surface area contributed by atoms with Crippen molar-refractivity contribution in [3.05, 3.63) is 35.4 Å². The van der Waals surface area contributed by atoms with Crippen molar-refractivity contribution in [1.29, 1.82) is 0 Å². The van der Waals surface area contributed by atoms with Gasteiger partial charge in [0.25, 0.3) is 5.91 Å². The summed E-state index contributed by atoms with van der Waals surface area (Å²) in [4.78, 5) is 24.2. The average molecular weight is 234 g/mol. The summed E-state index contributed by atoms with van der Waals surface area (Å²) in [6.07, 6.45) is 0. The fourth-order valence-electron chi connectivity index (χ4n) is 1.25. The van der Waals surface area contributed by atoms with E-state index in [4.69, 9.17) is 0 Å². The summed E-state index contributed by atoms with van der Waals surface area (Å²) in [5.74, 6) is -1.38. The predicted molar refractivity (Wildman–Crippen MR) is 62.6 cm³/mol. The van der Waals surface area contributed by atoms with Gasteiger partial charge < -0.3 is 14.8 Å². The second-order valence-electron chi connectivity index (χ2n) is 4.90. The van der Waals surface area contributed by atoms with E-state index in [1.54, 1.807) is 11.9 Å². The molecule has 0 aliphatic heterocycles. The largest absolute Gasteiger partial charge is 0.545 e. The molecule has 0 bridgehead atoms. The molecule has 0 aromatic heterocycles. The van der Waals surface area contributed by atoms with Crippen LogP contribution in [0.1, 0.15) is 41.5 Å². The molecule has 0 saturated carbocycles. The zero-order valence-corrected chi connectivity index (χ0v) is 10.5. The summed E-state index contributed by atoms with van der Waals surface area (Å²) >= 11 is 0. The third-order valence-electron chi connectivity index (χ3n) is 2.68. The molecular formula is C13H16NO3-. The maximum atomic E-state index is 12.0. The average Bonchev–Trinajstić information content (AvgIpc) is 2.26. The molecule has 0 saturated heterocycles. The van der Waals surface area contributed by atoms with Crippen LogP contribution in [0.4, 0.5) is 0 Å². The first kappa shape index (κ1) is 13.2. The quantitative estimate of drug-likeness (QED) is 0.764. The molecule has 0 heterocycles. The van der Waals surface area contributed by atoms with Gasteiger partial charge in [-0.1, -0.05) is 12.1 Å². The second-order valence-corrected chi connectivity index (χ2v) is 4.90. The molecule has 0 aliphatic rings. The van der Waals surface area contributed by atoms with Gasteiger partial charge in [-0.25, -0.2) is 0 Å². The molecule has 0 atom stereocenters. The van der Waals surface area contributed by atoms with Gasteiger partial charge in [0.05, 0.1) is 5.97 Å². The fraction of sp³-hybridized carbons (Fsp3) is 0.385. The van der Waals surface area contributed by atoms with Crippen molar-refractivity contribution in [1.82, 2.24) is 4.90 Å². The highest BCUT2D eigenvalue weighted by atomic mass is 16.4. The summed E-state index contributed by atoms with van der Waals surface area (Å²) in [7, 11) is 1.72. The molecular weight excluding hydrogens is 218 g/mol. The Bertz CT molecular complexity index is 429. The van der Waals surface area contributed by atoms with Crippen molar-refractivity contribution < 1.29 is 14.7 Å². The molecule has 1 rings (SSSR count). The van der Waals surface area contributed by atoms with Gasteiger partial charge >= 0.3 is 0 Å². The van der Waals surface area contributed by atoms with Crippen molar-refractivity contribution in [2.45, 2.75) is 26.3 Å². The lowest BCUT2D eigenvalue weighted by Crippen LogP contribution is -2.42. The van der Waals surface area contributed by atoms with Crippen LogP contribution in [0.3, 0.4) is 0 Å². The molecule has 4 heteroatoms. The molecule has 1 aromatic rings. The van der Waals surface area contributed by atoms with E-state index < -0.39 is 5.97 Å².